The van der Waals surface area contributed by atoms with Crippen LogP contribution in [0.1, 0.15) is 23.9 Å². The van der Waals surface area contributed by atoms with Gasteiger partial charge in [-0.25, -0.2) is 0 Å². The van der Waals surface area contributed by atoms with Crippen LogP contribution in [0.3, 0.4) is 0 Å². The van der Waals surface area contributed by atoms with Gasteiger partial charge in [0.25, 0.3) is 0 Å². The van der Waals surface area contributed by atoms with Crippen LogP contribution in [-0.4, -0.2) is 41.2 Å². The lowest BCUT2D eigenvalue weighted by molar-refractivity contribution is 0.242. The topological polar surface area (TPSA) is 45.4 Å². The zero-order chi connectivity index (χ0) is 17.2. The molecule has 5 nitrogen and oxygen atoms in total. The fraction of sp³-hybridized carbons (Fsp3) is 0.400. The molecule has 0 spiro atoms. The number of para-hydroxylation sites is 1. The zero-order valence-corrected chi connectivity index (χ0v) is 14.9. The maximum Gasteiger partial charge on any atom is 0.124 e. The minimum atomic E-state index is 0.862. The van der Waals surface area contributed by atoms with E-state index in [-0.39, 0.29) is 0 Å². The highest BCUT2D eigenvalue weighted by atomic mass is 16.5. The molecular formula is C20H24N4O. The summed E-state index contributed by atoms with van der Waals surface area (Å²) in [5, 5.41) is 5.30. The first-order valence-electron chi connectivity index (χ1n) is 9.01. The van der Waals surface area contributed by atoms with Crippen LogP contribution >= 0.6 is 0 Å². The quantitative estimate of drug-likeness (QED) is 0.730. The van der Waals surface area contributed by atoms with Gasteiger partial charge in [0.05, 0.1) is 16.9 Å². The van der Waals surface area contributed by atoms with Gasteiger partial charge < -0.3 is 9.42 Å². The number of anilines is 1. The van der Waals surface area contributed by atoms with Crippen LogP contribution in [0.25, 0.3) is 10.9 Å². The van der Waals surface area contributed by atoms with Crippen LogP contribution < -0.4 is 4.90 Å². The molecule has 2 aromatic heterocycles. The summed E-state index contributed by atoms with van der Waals surface area (Å²) in [7, 11) is 0. The van der Waals surface area contributed by atoms with Crippen LogP contribution in [0.4, 0.5) is 5.69 Å². The molecule has 0 atom stereocenters. The lowest BCUT2D eigenvalue weighted by atomic mass is 10.0. The SMILES string of the molecule is CCc1c(C)nc2ccccc2c1N1CCN(Cc2ccon2)CC1. The monoisotopic (exact) mass is 336 g/mol. The van der Waals surface area contributed by atoms with E-state index >= 15 is 0 Å². The third kappa shape index (κ3) is 3.12. The van der Waals surface area contributed by atoms with E-state index in [4.69, 9.17) is 9.51 Å². The molecule has 1 fully saturated rings. The van der Waals surface area contributed by atoms with Gasteiger partial charge in [-0.05, 0) is 25.0 Å². The highest BCUT2D eigenvalue weighted by Crippen LogP contribution is 2.33. The van der Waals surface area contributed by atoms with Crippen molar-refractivity contribution in [3.8, 4) is 0 Å². The van der Waals surface area contributed by atoms with Crippen molar-refractivity contribution < 1.29 is 4.52 Å². The summed E-state index contributed by atoms with van der Waals surface area (Å²) in [6, 6.07) is 10.5. The minimum Gasteiger partial charge on any atom is -0.368 e. The molecule has 0 bridgehead atoms. The van der Waals surface area contributed by atoms with Crippen molar-refractivity contribution in [2.75, 3.05) is 31.1 Å². The molecule has 130 valence electrons. The number of rotatable bonds is 4. The molecule has 0 saturated carbocycles. The van der Waals surface area contributed by atoms with Crippen molar-refractivity contribution >= 4 is 16.6 Å². The van der Waals surface area contributed by atoms with E-state index < -0.39 is 0 Å². The third-order valence-corrected chi connectivity index (χ3v) is 5.09. The van der Waals surface area contributed by atoms with Gasteiger partial charge in [0.1, 0.15) is 6.26 Å². The smallest absolute Gasteiger partial charge is 0.124 e. The Labute approximate surface area is 148 Å². The van der Waals surface area contributed by atoms with Crippen molar-refractivity contribution in [2.24, 2.45) is 0 Å². The number of hydrogen-bond acceptors (Lipinski definition) is 5. The van der Waals surface area contributed by atoms with Gasteiger partial charge in [-0.1, -0.05) is 30.3 Å². The lowest BCUT2D eigenvalue weighted by Crippen LogP contribution is -2.46. The summed E-state index contributed by atoms with van der Waals surface area (Å²) in [5.41, 5.74) is 6.02. The average Bonchev–Trinajstić information content (AvgIpc) is 3.14. The Morgan fingerprint density at radius 3 is 2.60 bits per heavy atom. The van der Waals surface area contributed by atoms with Crippen LogP contribution in [0.15, 0.2) is 41.1 Å². The summed E-state index contributed by atoms with van der Waals surface area (Å²) in [4.78, 5) is 9.79. The number of fused-ring (bicyclic) bond motifs is 1. The lowest BCUT2D eigenvalue weighted by Gasteiger charge is -2.37. The van der Waals surface area contributed by atoms with E-state index in [1.807, 2.05) is 6.07 Å². The summed E-state index contributed by atoms with van der Waals surface area (Å²) < 4.78 is 4.94. The second-order valence-corrected chi connectivity index (χ2v) is 6.65. The summed E-state index contributed by atoms with van der Waals surface area (Å²) >= 11 is 0. The van der Waals surface area contributed by atoms with E-state index in [1.54, 1.807) is 6.26 Å². The fourth-order valence-electron chi connectivity index (χ4n) is 3.82. The first-order valence-corrected chi connectivity index (χ1v) is 9.01. The molecule has 3 aromatic rings. The number of aromatic nitrogens is 2. The van der Waals surface area contributed by atoms with Gasteiger partial charge in [0.2, 0.25) is 0 Å². The molecule has 0 unspecified atom stereocenters. The Hall–Kier alpha value is -2.40. The Morgan fingerprint density at radius 1 is 1.08 bits per heavy atom. The molecule has 0 amide bonds. The van der Waals surface area contributed by atoms with Gasteiger partial charge in [-0.15, -0.1) is 0 Å². The predicted octanol–water partition coefficient (Wildman–Crippen LogP) is 3.42. The molecule has 5 heteroatoms. The van der Waals surface area contributed by atoms with E-state index in [0.717, 1.165) is 56.0 Å². The third-order valence-electron chi connectivity index (χ3n) is 5.09. The molecule has 0 radical (unpaired) electrons. The van der Waals surface area contributed by atoms with Gasteiger partial charge >= 0.3 is 0 Å². The van der Waals surface area contributed by atoms with E-state index in [9.17, 15) is 0 Å². The van der Waals surface area contributed by atoms with E-state index in [1.165, 1.54) is 16.6 Å². The van der Waals surface area contributed by atoms with Crippen molar-refractivity contribution in [1.82, 2.24) is 15.0 Å². The highest BCUT2D eigenvalue weighted by molar-refractivity contribution is 5.94. The Bertz CT molecular complexity index is 852. The highest BCUT2D eigenvalue weighted by Gasteiger charge is 2.22. The summed E-state index contributed by atoms with van der Waals surface area (Å²) in [6.45, 7) is 9.34. The van der Waals surface area contributed by atoms with Crippen LogP contribution in [-0.2, 0) is 13.0 Å². The normalized spacial score (nSPS) is 15.8. The van der Waals surface area contributed by atoms with Gasteiger partial charge in [0.15, 0.2) is 0 Å². The van der Waals surface area contributed by atoms with Gasteiger partial charge in [0, 0.05) is 49.9 Å². The summed E-state index contributed by atoms with van der Waals surface area (Å²) in [6.07, 6.45) is 2.66. The van der Waals surface area contributed by atoms with E-state index in [0.29, 0.717) is 0 Å². The van der Waals surface area contributed by atoms with Gasteiger partial charge in [-0.2, -0.15) is 0 Å². The molecule has 1 aliphatic rings. The van der Waals surface area contributed by atoms with Crippen molar-refractivity contribution in [2.45, 2.75) is 26.8 Å². The van der Waals surface area contributed by atoms with Gasteiger partial charge in [-0.3, -0.25) is 9.88 Å². The summed E-state index contributed by atoms with van der Waals surface area (Å²) in [5.74, 6) is 0. The number of hydrogen-bond donors (Lipinski definition) is 0. The van der Waals surface area contributed by atoms with Crippen LogP contribution in [0.2, 0.25) is 0 Å². The Morgan fingerprint density at radius 2 is 1.88 bits per heavy atom. The number of benzene rings is 1. The van der Waals surface area contributed by atoms with Crippen molar-refractivity contribution in [3.63, 3.8) is 0 Å². The maximum atomic E-state index is 4.94. The molecule has 4 rings (SSSR count). The van der Waals surface area contributed by atoms with Crippen LogP contribution in [0.5, 0.6) is 0 Å². The van der Waals surface area contributed by atoms with Crippen molar-refractivity contribution in [3.05, 3.63) is 53.5 Å². The predicted molar refractivity (Wildman–Crippen MR) is 99.9 cm³/mol. The van der Waals surface area contributed by atoms with E-state index in [2.05, 4.69) is 53.1 Å². The number of aryl methyl sites for hydroxylation is 1. The Kier molecular flexibility index (Phi) is 4.40. The second-order valence-electron chi connectivity index (χ2n) is 6.65. The Balaban J connectivity index is 1.60. The molecule has 3 heterocycles. The first-order chi connectivity index (χ1) is 12.3. The number of piperazine rings is 1. The largest absolute Gasteiger partial charge is 0.368 e. The minimum absolute atomic E-state index is 0.862. The molecule has 0 aliphatic carbocycles. The zero-order valence-electron chi connectivity index (χ0n) is 14.9. The molecular weight excluding hydrogens is 312 g/mol. The van der Waals surface area contributed by atoms with Crippen molar-refractivity contribution in [1.29, 1.82) is 0 Å². The second kappa shape index (κ2) is 6.84. The van der Waals surface area contributed by atoms with Crippen LogP contribution in [0, 0.1) is 6.92 Å². The number of pyridine rings is 1. The fourth-order valence-corrected chi connectivity index (χ4v) is 3.82. The average molecular weight is 336 g/mol. The number of nitrogens with zero attached hydrogens (tertiary/aromatic N) is 4. The maximum absolute atomic E-state index is 4.94. The standard InChI is InChI=1S/C20H24N4O/c1-3-17-15(2)21-19-7-5-4-6-18(19)20(17)24-11-9-23(10-12-24)14-16-8-13-25-22-16/h4-8,13H,3,9-12,14H2,1-2H3. The first kappa shape index (κ1) is 16.1. The molecule has 25 heavy (non-hydrogen) atoms. The molecule has 1 aliphatic heterocycles. The molecule has 1 aromatic carbocycles. The molecule has 0 N–H and O–H groups in total. The molecule has 1 saturated heterocycles.